The van der Waals surface area contributed by atoms with Crippen molar-refractivity contribution >= 4 is 78.2 Å². The molecule has 0 aromatic carbocycles. The van der Waals surface area contributed by atoms with Gasteiger partial charge in [0, 0.05) is 20.8 Å². The predicted molar refractivity (Wildman–Crippen MR) is 124 cm³/mol. The van der Waals surface area contributed by atoms with Crippen LogP contribution in [0, 0.1) is 0 Å². The number of pyridine rings is 1. The van der Waals surface area contributed by atoms with Crippen molar-refractivity contribution in [2.75, 3.05) is 0 Å². The lowest BCUT2D eigenvalue weighted by Crippen LogP contribution is -1.89. The van der Waals surface area contributed by atoms with Crippen LogP contribution in [0.3, 0.4) is 0 Å². The Balaban J connectivity index is 0.000000156. The largest absolute Gasteiger partial charge is 0.235 e. The Morgan fingerprint density at radius 2 is 1.70 bits per heavy atom. The molecule has 27 heavy (non-hydrogen) atoms. The second kappa shape index (κ2) is 9.56. The van der Waals surface area contributed by atoms with Gasteiger partial charge in [0.25, 0.3) is 0 Å². The molecule has 8 heteroatoms. The zero-order valence-corrected chi connectivity index (χ0v) is 19.5. The number of fused-ring (bicyclic) bond motifs is 2. The van der Waals surface area contributed by atoms with E-state index in [1.165, 1.54) is 15.0 Å². The molecule has 0 saturated carbocycles. The second-order valence-corrected chi connectivity index (χ2v) is 11.6. The Morgan fingerprint density at radius 3 is 2.44 bits per heavy atom. The molecule has 0 N–H and O–H groups in total. The topological polar surface area (TPSA) is 38.7 Å². The SMILES string of the molecule is CC(C)Sc1cc(Cl)nc2ccsc12.CC(C)Sc1ncnc2sccc12. The molecule has 4 heterocycles. The van der Waals surface area contributed by atoms with E-state index >= 15 is 0 Å². The number of rotatable bonds is 4. The standard InChI is InChI=1S/C10H10ClNS2.C9H10N2S2/c1-6(2)14-8-5-9(11)12-7-3-4-13-10(7)8;1-6(2)13-9-7-3-4-12-8(7)10-5-11-9/h3-6H,1-2H3;3-6H,1-2H3. The van der Waals surface area contributed by atoms with Crippen LogP contribution in [0.4, 0.5) is 0 Å². The van der Waals surface area contributed by atoms with E-state index in [2.05, 4.69) is 59.5 Å². The molecule has 0 fully saturated rings. The molecule has 4 rings (SSSR count). The molecular weight excluding hydrogens is 434 g/mol. The highest BCUT2D eigenvalue weighted by Crippen LogP contribution is 2.35. The van der Waals surface area contributed by atoms with Gasteiger partial charge in [-0.3, -0.25) is 0 Å². The van der Waals surface area contributed by atoms with E-state index < -0.39 is 0 Å². The molecule has 0 saturated heterocycles. The van der Waals surface area contributed by atoms with Crippen molar-refractivity contribution in [2.24, 2.45) is 0 Å². The van der Waals surface area contributed by atoms with Crippen LogP contribution in [0.1, 0.15) is 27.7 Å². The number of aromatic nitrogens is 3. The van der Waals surface area contributed by atoms with Gasteiger partial charge in [0.2, 0.25) is 0 Å². The van der Waals surface area contributed by atoms with Gasteiger partial charge in [-0.25, -0.2) is 15.0 Å². The predicted octanol–water partition coefficient (Wildman–Crippen LogP) is 7.64. The quantitative estimate of drug-likeness (QED) is 0.180. The van der Waals surface area contributed by atoms with Gasteiger partial charge in [-0.15, -0.1) is 46.2 Å². The Hall–Kier alpha value is -0.860. The van der Waals surface area contributed by atoms with Crippen LogP contribution in [-0.2, 0) is 0 Å². The van der Waals surface area contributed by atoms with Gasteiger partial charge < -0.3 is 0 Å². The number of hydrogen-bond acceptors (Lipinski definition) is 7. The zero-order valence-electron chi connectivity index (χ0n) is 15.5. The third-order valence-corrected chi connectivity index (χ3v) is 7.43. The highest BCUT2D eigenvalue weighted by Gasteiger charge is 2.08. The molecule has 142 valence electrons. The van der Waals surface area contributed by atoms with Crippen LogP contribution in [0.25, 0.3) is 20.4 Å². The van der Waals surface area contributed by atoms with Crippen molar-refractivity contribution in [1.29, 1.82) is 0 Å². The van der Waals surface area contributed by atoms with Gasteiger partial charge in [-0.2, -0.15) is 0 Å². The molecule has 0 unspecified atom stereocenters. The molecule has 0 aliphatic rings. The fraction of sp³-hybridized carbons (Fsp3) is 0.316. The summed E-state index contributed by atoms with van der Waals surface area (Å²) in [6.07, 6.45) is 1.64. The van der Waals surface area contributed by atoms with Crippen LogP contribution in [0.2, 0.25) is 5.15 Å². The molecule has 0 atom stereocenters. The van der Waals surface area contributed by atoms with Gasteiger partial charge in [0.15, 0.2) is 0 Å². The maximum Gasteiger partial charge on any atom is 0.130 e. The minimum atomic E-state index is 0.568. The van der Waals surface area contributed by atoms with Crippen molar-refractivity contribution in [2.45, 2.75) is 48.1 Å². The highest BCUT2D eigenvalue weighted by molar-refractivity contribution is 8.00. The minimum absolute atomic E-state index is 0.568. The number of thiophene rings is 2. The number of thioether (sulfide) groups is 2. The normalized spacial score (nSPS) is 11.4. The van der Waals surface area contributed by atoms with Crippen LogP contribution < -0.4 is 0 Å². The van der Waals surface area contributed by atoms with Gasteiger partial charge in [0.05, 0.1) is 10.2 Å². The molecule has 0 amide bonds. The van der Waals surface area contributed by atoms with Crippen molar-refractivity contribution in [1.82, 2.24) is 15.0 Å². The lowest BCUT2D eigenvalue weighted by Gasteiger charge is -2.05. The molecule has 0 spiro atoms. The Morgan fingerprint density at radius 1 is 0.963 bits per heavy atom. The fourth-order valence-electron chi connectivity index (χ4n) is 2.32. The van der Waals surface area contributed by atoms with E-state index in [0.29, 0.717) is 15.7 Å². The summed E-state index contributed by atoms with van der Waals surface area (Å²) in [6.45, 7) is 8.70. The summed E-state index contributed by atoms with van der Waals surface area (Å²) in [7, 11) is 0. The fourth-order valence-corrected chi connectivity index (χ4v) is 6.16. The maximum absolute atomic E-state index is 5.94. The van der Waals surface area contributed by atoms with E-state index in [1.807, 2.05) is 23.9 Å². The lowest BCUT2D eigenvalue weighted by atomic mass is 10.4. The van der Waals surface area contributed by atoms with Crippen molar-refractivity contribution in [3.8, 4) is 0 Å². The van der Waals surface area contributed by atoms with E-state index in [4.69, 9.17) is 11.6 Å². The summed E-state index contributed by atoms with van der Waals surface area (Å²) in [4.78, 5) is 15.1. The first-order valence-electron chi connectivity index (χ1n) is 8.49. The highest BCUT2D eigenvalue weighted by atomic mass is 35.5. The third kappa shape index (κ3) is 5.57. The van der Waals surface area contributed by atoms with E-state index in [0.717, 1.165) is 15.4 Å². The van der Waals surface area contributed by atoms with Crippen molar-refractivity contribution in [3.05, 3.63) is 40.4 Å². The molecular formula is C19H20ClN3S4. The van der Waals surface area contributed by atoms with Crippen LogP contribution in [0.5, 0.6) is 0 Å². The average Bonchev–Trinajstić information content (AvgIpc) is 3.23. The Bertz CT molecular complexity index is 1030. The molecule has 0 radical (unpaired) electrons. The number of halogens is 1. The van der Waals surface area contributed by atoms with Crippen LogP contribution in [0.15, 0.2) is 45.2 Å². The number of hydrogen-bond donors (Lipinski definition) is 0. The lowest BCUT2D eigenvalue weighted by molar-refractivity contribution is 1.07. The summed E-state index contributed by atoms with van der Waals surface area (Å²) >= 11 is 13.0. The molecule has 0 aliphatic carbocycles. The van der Waals surface area contributed by atoms with E-state index in [9.17, 15) is 0 Å². The van der Waals surface area contributed by atoms with Crippen LogP contribution >= 0.6 is 57.8 Å². The van der Waals surface area contributed by atoms with Gasteiger partial charge in [-0.05, 0) is 29.0 Å². The summed E-state index contributed by atoms with van der Waals surface area (Å²) in [5.74, 6) is 0. The number of nitrogens with zero attached hydrogens (tertiary/aromatic N) is 3. The molecule has 0 bridgehead atoms. The van der Waals surface area contributed by atoms with Gasteiger partial charge in [-0.1, -0.05) is 39.3 Å². The van der Waals surface area contributed by atoms with E-state index in [-0.39, 0.29) is 0 Å². The molecule has 3 nitrogen and oxygen atoms in total. The second-order valence-electron chi connectivity index (χ2n) is 6.23. The summed E-state index contributed by atoms with van der Waals surface area (Å²) in [5.41, 5.74) is 1.01. The first kappa shape index (κ1) is 20.9. The van der Waals surface area contributed by atoms with Crippen molar-refractivity contribution < 1.29 is 0 Å². The Labute approximate surface area is 181 Å². The third-order valence-electron chi connectivity index (χ3n) is 3.28. The summed E-state index contributed by atoms with van der Waals surface area (Å²) in [5, 5.41) is 8.12. The van der Waals surface area contributed by atoms with Gasteiger partial charge >= 0.3 is 0 Å². The Kier molecular flexibility index (Phi) is 7.39. The maximum atomic E-state index is 5.94. The zero-order chi connectivity index (χ0) is 19.4. The van der Waals surface area contributed by atoms with Gasteiger partial charge in [0.1, 0.15) is 21.3 Å². The first-order chi connectivity index (χ1) is 12.9. The summed E-state index contributed by atoms with van der Waals surface area (Å²) < 4.78 is 1.24. The molecule has 4 aromatic heterocycles. The van der Waals surface area contributed by atoms with E-state index in [1.54, 1.807) is 40.8 Å². The average molecular weight is 454 g/mol. The minimum Gasteiger partial charge on any atom is -0.235 e. The monoisotopic (exact) mass is 453 g/mol. The first-order valence-corrected chi connectivity index (χ1v) is 12.4. The molecule has 0 aliphatic heterocycles. The molecule has 4 aromatic rings. The summed E-state index contributed by atoms with van der Waals surface area (Å²) in [6, 6.07) is 6.05. The smallest absolute Gasteiger partial charge is 0.130 e. The van der Waals surface area contributed by atoms with Crippen molar-refractivity contribution in [3.63, 3.8) is 0 Å². The van der Waals surface area contributed by atoms with Crippen LogP contribution in [-0.4, -0.2) is 25.5 Å².